The molecule has 2 fully saturated rings. The Hall–Kier alpha value is -2.82. The smallest absolute Gasteiger partial charge is 0.248 e. The first-order valence-corrected chi connectivity index (χ1v) is 13.6. The highest BCUT2D eigenvalue weighted by Gasteiger charge is 2.36. The van der Waals surface area contributed by atoms with Crippen LogP contribution >= 0.6 is 22.9 Å². The van der Waals surface area contributed by atoms with E-state index >= 15 is 0 Å². The van der Waals surface area contributed by atoms with Crippen molar-refractivity contribution in [3.8, 4) is 11.4 Å². The first kappa shape index (κ1) is 24.9. The Bertz CT molecular complexity index is 1160. The van der Waals surface area contributed by atoms with Crippen molar-refractivity contribution in [2.24, 2.45) is 0 Å². The molecule has 1 saturated heterocycles. The second-order valence-corrected chi connectivity index (χ2v) is 10.7. The van der Waals surface area contributed by atoms with Crippen molar-refractivity contribution in [3.05, 3.63) is 51.7 Å². The Labute approximate surface area is 218 Å². The second-order valence-electron chi connectivity index (χ2n) is 9.24. The van der Waals surface area contributed by atoms with Gasteiger partial charge in [-0.25, -0.2) is 0 Å². The number of tetrazole rings is 1. The molecule has 0 unspecified atom stereocenters. The molecule has 2 amide bonds. The van der Waals surface area contributed by atoms with E-state index in [0.29, 0.717) is 24.0 Å². The molecule has 5 rings (SSSR count). The van der Waals surface area contributed by atoms with Gasteiger partial charge >= 0.3 is 0 Å². The monoisotopic (exact) mass is 528 g/mol. The number of ether oxygens (including phenoxy) is 1. The number of benzene rings is 1. The second kappa shape index (κ2) is 11.5. The van der Waals surface area contributed by atoms with Crippen molar-refractivity contribution >= 4 is 34.8 Å². The highest BCUT2D eigenvalue weighted by molar-refractivity contribution is 7.10. The Morgan fingerprint density at radius 1 is 1.17 bits per heavy atom. The number of aromatic nitrogens is 4. The summed E-state index contributed by atoms with van der Waals surface area (Å²) in [6.07, 6.45) is 5.86. The first-order valence-electron chi connectivity index (χ1n) is 12.4. The highest BCUT2D eigenvalue weighted by Crippen LogP contribution is 2.29. The number of hydrogen-bond acceptors (Lipinski definition) is 7. The number of nitrogens with one attached hydrogen (secondary N) is 1. The van der Waals surface area contributed by atoms with Crippen LogP contribution in [0.5, 0.6) is 0 Å². The van der Waals surface area contributed by atoms with Gasteiger partial charge in [0.15, 0.2) is 0 Å². The van der Waals surface area contributed by atoms with Crippen LogP contribution in [-0.2, 0) is 20.9 Å². The minimum absolute atomic E-state index is 0.107. The van der Waals surface area contributed by atoms with E-state index in [1.807, 2.05) is 17.5 Å². The minimum atomic E-state index is -0.735. The fourth-order valence-corrected chi connectivity index (χ4v) is 5.78. The lowest BCUT2D eigenvalue weighted by molar-refractivity contribution is -0.143. The fourth-order valence-electron chi connectivity index (χ4n) is 4.82. The molecule has 36 heavy (non-hydrogen) atoms. The largest absolute Gasteiger partial charge is 0.376 e. The van der Waals surface area contributed by atoms with E-state index in [-0.39, 0.29) is 30.5 Å². The predicted molar refractivity (Wildman–Crippen MR) is 136 cm³/mol. The summed E-state index contributed by atoms with van der Waals surface area (Å²) in [4.78, 5) is 31.0. The van der Waals surface area contributed by atoms with Crippen LogP contribution in [0, 0.1) is 0 Å². The van der Waals surface area contributed by atoms with E-state index in [2.05, 4.69) is 20.7 Å². The standard InChI is InChI=1S/C25H29ClN6O3S/c26-18-11-9-17(10-12-18)24-28-30-32(29-24)16-22(33)31(15-20-7-3-13-35-20)23(21-8-4-14-36-21)25(34)27-19-5-1-2-6-19/h4,8-12,14,19-20,23H,1-3,5-7,13,15-16H2,(H,27,34)/t20-,23+/m0/s1. The van der Waals surface area contributed by atoms with E-state index in [9.17, 15) is 9.59 Å². The molecule has 0 bridgehead atoms. The van der Waals surface area contributed by atoms with Crippen LogP contribution in [0.1, 0.15) is 49.4 Å². The molecule has 1 saturated carbocycles. The number of halogens is 1. The molecule has 1 aliphatic carbocycles. The van der Waals surface area contributed by atoms with Crippen molar-refractivity contribution in [3.63, 3.8) is 0 Å². The normalized spacial score (nSPS) is 18.9. The molecule has 190 valence electrons. The van der Waals surface area contributed by atoms with Gasteiger partial charge in [-0.2, -0.15) is 4.80 Å². The third-order valence-electron chi connectivity index (χ3n) is 6.65. The lowest BCUT2D eigenvalue weighted by atomic mass is 10.1. The summed E-state index contributed by atoms with van der Waals surface area (Å²) in [5.74, 6) is -0.00597. The SMILES string of the molecule is O=C(NC1CCCC1)[C@@H](c1cccs1)N(C[C@@H]1CCCO1)C(=O)Cn1nnc(-c2ccc(Cl)cc2)n1. The van der Waals surface area contributed by atoms with Crippen LogP contribution < -0.4 is 5.32 Å². The van der Waals surface area contributed by atoms with Gasteiger partial charge in [-0.05, 0) is 66.6 Å². The van der Waals surface area contributed by atoms with Gasteiger partial charge in [-0.15, -0.1) is 21.5 Å². The third-order valence-corrected chi connectivity index (χ3v) is 7.83. The number of hydrogen-bond donors (Lipinski definition) is 1. The number of rotatable bonds is 9. The van der Waals surface area contributed by atoms with Crippen LogP contribution in [0.2, 0.25) is 5.02 Å². The summed E-state index contributed by atoms with van der Waals surface area (Å²) in [5.41, 5.74) is 0.752. The molecule has 2 aromatic heterocycles. The van der Waals surface area contributed by atoms with Crippen LogP contribution in [-0.4, -0.2) is 62.2 Å². The van der Waals surface area contributed by atoms with Gasteiger partial charge in [0.2, 0.25) is 17.6 Å². The van der Waals surface area contributed by atoms with Gasteiger partial charge < -0.3 is 15.0 Å². The van der Waals surface area contributed by atoms with Crippen molar-refractivity contribution in [2.45, 2.75) is 63.3 Å². The number of carbonyl (C=O) groups is 2. The summed E-state index contributed by atoms with van der Waals surface area (Å²) >= 11 is 7.45. The van der Waals surface area contributed by atoms with Gasteiger partial charge in [0.25, 0.3) is 0 Å². The van der Waals surface area contributed by atoms with Crippen molar-refractivity contribution in [1.29, 1.82) is 0 Å². The summed E-state index contributed by atoms with van der Waals surface area (Å²) in [6, 6.07) is 10.3. The molecule has 9 nitrogen and oxygen atoms in total. The van der Waals surface area contributed by atoms with Crippen LogP contribution in [0.25, 0.3) is 11.4 Å². The van der Waals surface area contributed by atoms with Gasteiger partial charge in [0.05, 0.1) is 6.10 Å². The Kier molecular flexibility index (Phi) is 7.93. The summed E-state index contributed by atoms with van der Waals surface area (Å²) in [7, 11) is 0. The van der Waals surface area contributed by atoms with Gasteiger partial charge in [0, 0.05) is 34.7 Å². The van der Waals surface area contributed by atoms with E-state index in [1.54, 1.807) is 29.2 Å². The zero-order valence-electron chi connectivity index (χ0n) is 19.9. The summed E-state index contributed by atoms with van der Waals surface area (Å²) in [5, 5.41) is 18.3. The highest BCUT2D eigenvalue weighted by atomic mass is 35.5. The molecular formula is C25H29ClN6O3S. The third kappa shape index (κ3) is 5.93. The Morgan fingerprint density at radius 2 is 1.97 bits per heavy atom. The van der Waals surface area contributed by atoms with E-state index in [4.69, 9.17) is 16.3 Å². The zero-order chi connectivity index (χ0) is 24.9. The molecule has 11 heteroatoms. The number of nitrogens with zero attached hydrogens (tertiary/aromatic N) is 5. The topological polar surface area (TPSA) is 102 Å². The quantitative estimate of drug-likeness (QED) is 0.452. The fraction of sp³-hybridized carbons (Fsp3) is 0.480. The zero-order valence-corrected chi connectivity index (χ0v) is 21.5. The van der Waals surface area contributed by atoms with Crippen LogP contribution in [0.3, 0.4) is 0 Å². The minimum Gasteiger partial charge on any atom is -0.376 e. The Morgan fingerprint density at radius 3 is 2.67 bits per heavy atom. The Balaban J connectivity index is 1.38. The number of amides is 2. The molecule has 2 aliphatic rings. The maximum absolute atomic E-state index is 13.7. The molecule has 3 heterocycles. The number of carbonyl (C=O) groups excluding carboxylic acids is 2. The predicted octanol–water partition coefficient (Wildman–Crippen LogP) is 3.86. The number of thiophene rings is 1. The molecule has 0 radical (unpaired) electrons. The van der Waals surface area contributed by atoms with Gasteiger partial charge in [-0.3, -0.25) is 9.59 Å². The summed E-state index contributed by atoms with van der Waals surface area (Å²) < 4.78 is 5.85. The lowest BCUT2D eigenvalue weighted by Gasteiger charge is -2.32. The molecule has 3 aromatic rings. The van der Waals surface area contributed by atoms with Gasteiger partial charge in [-0.1, -0.05) is 30.5 Å². The molecule has 1 aliphatic heterocycles. The average molecular weight is 529 g/mol. The molecule has 1 N–H and O–H groups in total. The molecule has 0 spiro atoms. The first-order chi connectivity index (χ1) is 17.6. The van der Waals surface area contributed by atoms with Crippen LogP contribution in [0.15, 0.2) is 41.8 Å². The molecule has 1 aromatic carbocycles. The average Bonchev–Trinajstić information content (AvgIpc) is 3.68. The van der Waals surface area contributed by atoms with Gasteiger partial charge in [0.1, 0.15) is 12.6 Å². The van der Waals surface area contributed by atoms with Crippen molar-refractivity contribution < 1.29 is 14.3 Å². The maximum Gasteiger partial charge on any atom is 0.248 e. The summed E-state index contributed by atoms with van der Waals surface area (Å²) in [6.45, 7) is 0.865. The van der Waals surface area contributed by atoms with E-state index in [0.717, 1.165) is 49.0 Å². The van der Waals surface area contributed by atoms with Crippen molar-refractivity contribution in [2.75, 3.05) is 13.2 Å². The lowest BCUT2D eigenvalue weighted by Crippen LogP contribution is -2.49. The molecular weight excluding hydrogens is 500 g/mol. The van der Waals surface area contributed by atoms with Crippen molar-refractivity contribution in [1.82, 2.24) is 30.4 Å². The van der Waals surface area contributed by atoms with E-state index < -0.39 is 6.04 Å². The maximum atomic E-state index is 13.7. The van der Waals surface area contributed by atoms with E-state index in [1.165, 1.54) is 16.1 Å². The van der Waals surface area contributed by atoms with Crippen LogP contribution in [0.4, 0.5) is 0 Å². The molecule has 2 atom stereocenters.